The minimum Gasteiger partial charge on any atom is -0.451 e. The molecule has 0 amide bonds. The van der Waals surface area contributed by atoms with Crippen molar-refractivity contribution in [2.24, 2.45) is 0 Å². The molecule has 0 aliphatic rings. The fourth-order valence-electron chi connectivity index (χ4n) is 0.357. The Morgan fingerprint density at radius 2 is 1.91 bits per heavy atom. The van der Waals surface area contributed by atoms with Gasteiger partial charge in [-0.05, 0) is 0 Å². The lowest BCUT2D eigenvalue weighted by molar-refractivity contribution is -0.146. The van der Waals surface area contributed by atoms with Gasteiger partial charge in [0.2, 0.25) is 0 Å². The van der Waals surface area contributed by atoms with Gasteiger partial charge in [-0.2, -0.15) is 0 Å². The second-order valence-corrected chi connectivity index (χ2v) is 1.56. The van der Waals surface area contributed by atoms with Crippen molar-refractivity contribution in [1.82, 2.24) is 0 Å². The monoisotopic (exact) mass is 152 g/mol. The van der Waals surface area contributed by atoms with Crippen molar-refractivity contribution in [3.05, 3.63) is 0 Å². The van der Waals surface area contributed by atoms with Gasteiger partial charge in [-0.3, -0.25) is 0 Å². The average molecular weight is 152 g/mol. The number of ether oxygens (including phenoxy) is 2. The number of terminal acetylenes is 2. The average Bonchev–Trinajstić information content (AvgIpc) is 2.01. The topological polar surface area (TPSA) is 35.5 Å². The van der Waals surface area contributed by atoms with Gasteiger partial charge in [0.15, 0.2) is 6.61 Å². The molecule has 0 spiro atoms. The van der Waals surface area contributed by atoms with E-state index in [1.165, 1.54) is 0 Å². The van der Waals surface area contributed by atoms with Crippen LogP contribution in [0.1, 0.15) is 0 Å². The van der Waals surface area contributed by atoms with Crippen LogP contribution in [0.15, 0.2) is 0 Å². The Hall–Kier alpha value is -1.45. The second kappa shape index (κ2) is 6.67. The van der Waals surface area contributed by atoms with E-state index in [1.807, 2.05) is 0 Å². The van der Waals surface area contributed by atoms with Crippen molar-refractivity contribution in [3.8, 4) is 24.7 Å². The van der Waals surface area contributed by atoms with E-state index < -0.39 is 5.97 Å². The highest BCUT2D eigenvalue weighted by atomic mass is 16.6. The Morgan fingerprint density at radius 3 is 2.45 bits per heavy atom. The van der Waals surface area contributed by atoms with Gasteiger partial charge in [0.25, 0.3) is 0 Å². The molecule has 0 atom stereocenters. The van der Waals surface area contributed by atoms with Crippen molar-refractivity contribution >= 4 is 5.97 Å². The van der Waals surface area contributed by atoms with Crippen LogP contribution in [0.5, 0.6) is 0 Å². The van der Waals surface area contributed by atoms with Gasteiger partial charge in [0.05, 0.1) is 0 Å². The summed E-state index contributed by atoms with van der Waals surface area (Å²) in [7, 11) is 0. The zero-order chi connectivity index (χ0) is 8.53. The fraction of sp³-hybridized carbons (Fsp3) is 0.375. The molecule has 3 nitrogen and oxygen atoms in total. The first-order valence-corrected chi connectivity index (χ1v) is 2.91. The highest BCUT2D eigenvalue weighted by Gasteiger charge is 1.99. The van der Waals surface area contributed by atoms with Crippen LogP contribution >= 0.6 is 0 Å². The molecule has 0 radical (unpaired) electrons. The molecule has 0 bridgehead atoms. The normalized spacial score (nSPS) is 7.82. The molecule has 0 N–H and O–H groups in total. The zero-order valence-corrected chi connectivity index (χ0v) is 6.00. The number of carbonyl (C=O) groups is 1. The van der Waals surface area contributed by atoms with Gasteiger partial charge < -0.3 is 9.47 Å². The Bertz CT molecular complexity index is 194. The van der Waals surface area contributed by atoms with E-state index in [2.05, 4.69) is 21.3 Å². The maximum Gasteiger partial charge on any atom is 0.333 e. The molecule has 3 heteroatoms. The SMILES string of the molecule is C#CCOCC(=O)OCC#C. The van der Waals surface area contributed by atoms with Gasteiger partial charge in [-0.15, -0.1) is 12.8 Å². The smallest absolute Gasteiger partial charge is 0.333 e. The Labute approximate surface area is 65.7 Å². The lowest BCUT2D eigenvalue weighted by atomic mass is 10.7. The standard InChI is InChI=1S/C8H8O3/c1-3-5-10-7-8(9)11-6-4-2/h1-2H,5-7H2. The molecule has 0 fully saturated rings. The first-order chi connectivity index (χ1) is 5.31. The van der Waals surface area contributed by atoms with Crippen LogP contribution in [0.25, 0.3) is 0 Å². The van der Waals surface area contributed by atoms with Crippen LogP contribution in [0.3, 0.4) is 0 Å². The number of esters is 1. The Kier molecular flexibility index (Phi) is 5.79. The summed E-state index contributed by atoms with van der Waals surface area (Å²) in [4.78, 5) is 10.6. The number of rotatable bonds is 4. The Balaban J connectivity index is 3.26. The molecule has 0 aliphatic carbocycles. The molecule has 11 heavy (non-hydrogen) atoms. The van der Waals surface area contributed by atoms with E-state index >= 15 is 0 Å². The van der Waals surface area contributed by atoms with Crippen molar-refractivity contribution in [2.45, 2.75) is 0 Å². The predicted octanol–water partition coefficient (Wildman–Crippen LogP) is -0.187. The lowest BCUT2D eigenvalue weighted by Crippen LogP contribution is -2.12. The van der Waals surface area contributed by atoms with Crippen LogP contribution in [0.4, 0.5) is 0 Å². The summed E-state index contributed by atoms with van der Waals surface area (Å²) in [5.74, 6) is 3.86. The van der Waals surface area contributed by atoms with Gasteiger partial charge >= 0.3 is 5.97 Å². The fourth-order valence-corrected chi connectivity index (χ4v) is 0.357. The van der Waals surface area contributed by atoms with Crippen LogP contribution in [-0.2, 0) is 14.3 Å². The van der Waals surface area contributed by atoms with Gasteiger partial charge in [0, 0.05) is 0 Å². The summed E-state index contributed by atoms with van der Waals surface area (Å²) in [5, 5.41) is 0. The van der Waals surface area contributed by atoms with E-state index in [-0.39, 0.29) is 19.8 Å². The predicted molar refractivity (Wildman–Crippen MR) is 39.4 cm³/mol. The maximum atomic E-state index is 10.6. The highest BCUT2D eigenvalue weighted by Crippen LogP contribution is 1.79. The molecule has 58 valence electrons. The quantitative estimate of drug-likeness (QED) is 0.318. The first-order valence-electron chi connectivity index (χ1n) is 2.91. The zero-order valence-electron chi connectivity index (χ0n) is 6.00. The third kappa shape index (κ3) is 6.44. The van der Waals surface area contributed by atoms with Crippen molar-refractivity contribution in [1.29, 1.82) is 0 Å². The van der Waals surface area contributed by atoms with Crippen molar-refractivity contribution < 1.29 is 14.3 Å². The molecule has 0 saturated carbocycles. The molecule has 0 aromatic carbocycles. The molecule has 0 aliphatic heterocycles. The summed E-state index contributed by atoms with van der Waals surface area (Å²) >= 11 is 0. The van der Waals surface area contributed by atoms with E-state index in [1.54, 1.807) is 0 Å². The first kappa shape index (κ1) is 9.55. The number of hydrogen-bond acceptors (Lipinski definition) is 3. The molecule has 0 aromatic rings. The maximum absolute atomic E-state index is 10.6. The molecule has 0 saturated heterocycles. The number of carbonyl (C=O) groups excluding carboxylic acids is 1. The van der Waals surface area contributed by atoms with Crippen molar-refractivity contribution in [2.75, 3.05) is 19.8 Å². The minimum absolute atomic E-state index is 0.0295. The lowest BCUT2D eigenvalue weighted by Gasteiger charge is -1.98. The van der Waals surface area contributed by atoms with Gasteiger partial charge in [0.1, 0.15) is 13.2 Å². The minimum atomic E-state index is -0.502. The van der Waals surface area contributed by atoms with Gasteiger partial charge in [-0.1, -0.05) is 11.8 Å². The molecule has 0 aromatic heterocycles. The number of hydrogen-bond donors (Lipinski definition) is 0. The largest absolute Gasteiger partial charge is 0.451 e. The molecule has 0 heterocycles. The third-order valence-corrected chi connectivity index (χ3v) is 0.722. The van der Waals surface area contributed by atoms with Crippen molar-refractivity contribution in [3.63, 3.8) is 0 Å². The Morgan fingerprint density at radius 1 is 1.27 bits per heavy atom. The van der Waals surface area contributed by atoms with E-state index in [0.29, 0.717) is 0 Å². The molecular weight excluding hydrogens is 144 g/mol. The third-order valence-electron chi connectivity index (χ3n) is 0.722. The summed E-state index contributed by atoms with van der Waals surface area (Å²) in [6.07, 6.45) is 9.69. The highest BCUT2D eigenvalue weighted by molar-refractivity contribution is 5.70. The second-order valence-electron chi connectivity index (χ2n) is 1.56. The van der Waals surface area contributed by atoms with Gasteiger partial charge in [-0.25, -0.2) is 4.79 Å². The van der Waals surface area contributed by atoms with Crippen LogP contribution in [0.2, 0.25) is 0 Å². The summed E-state index contributed by atoms with van der Waals surface area (Å²) < 4.78 is 9.13. The molecule has 0 rings (SSSR count). The molecule has 0 unspecified atom stereocenters. The summed E-state index contributed by atoms with van der Waals surface area (Å²) in [6.45, 7) is -0.0741. The summed E-state index contributed by atoms with van der Waals surface area (Å²) in [5.41, 5.74) is 0. The van der Waals surface area contributed by atoms with E-state index in [4.69, 9.17) is 12.8 Å². The van der Waals surface area contributed by atoms with E-state index in [0.717, 1.165) is 0 Å². The van der Waals surface area contributed by atoms with Crippen LogP contribution in [-0.4, -0.2) is 25.8 Å². The molecular formula is C8H8O3. The van der Waals surface area contributed by atoms with Crippen LogP contribution < -0.4 is 0 Å². The van der Waals surface area contributed by atoms with E-state index in [9.17, 15) is 4.79 Å². The van der Waals surface area contributed by atoms with Crippen LogP contribution in [0, 0.1) is 24.7 Å². The summed E-state index contributed by atoms with van der Waals surface area (Å²) in [6, 6.07) is 0.